The number of sulfonamides is 1. The Hall–Kier alpha value is -1.44. The number of piperidine rings is 1. The molecule has 1 saturated heterocycles. The Labute approximate surface area is 137 Å². The van der Waals surface area contributed by atoms with Crippen molar-refractivity contribution in [2.75, 3.05) is 26.7 Å². The Balaban J connectivity index is 2.33. The Bertz CT molecular complexity index is 671. The van der Waals surface area contributed by atoms with E-state index in [1.54, 1.807) is 19.1 Å². The number of esters is 1. The van der Waals surface area contributed by atoms with E-state index in [0.29, 0.717) is 31.1 Å². The van der Waals surface area contributed by atoms with Crippen LogP contribution in [-0.2, 0) is 14.8 Å². The van der Waals surface area contributed by atoms with Crippen LogP contribution in [0.25, 0.3) is 0 Å². The first-order valence-corrected chi connectivity index (χ1v) is 9.23. The number of nitrogens with zero attached hydrogens (tertiary/aromatic N) is 1. The number of nitrogens with two attached hydrogens (primary N) is 1. The van der Waals surface area contributed by atoms with E-state index in [4.69, 9.17) is 5.73 Å². The lowest BCUT2D eigenvalue weighted by Crippen LogP contribution is -2.40. The first-order valence-electron chi connectivity index (χ1n) is 7.79. The van der Waals surface area contributed by atoms with E-state index in [9.17, 15) is 13.2 Å². The SMILES string of the molecule is COC(=O)c1ccc(C)c(S(=O)(=O)N2CCCC(CCN)C2)c1. The molecule has 6 nitrogen and oxygen atoms in total. The van der Waals surface area contributed by atoms with E-state index in [2.05, 4.69) is 4.74 Å². The Morgan fingerprint density at radius 3 is 2.83 bits per heavy atom. The van der Waals surface area contributed by atoms with Gasteiger partial charge in [0, 0.05) is 13.1 Å². The normalized spacial score (nSPS) is 19.5. The fraction of sp³-hybridized carbons (Fsp3) is 0.562. The summed E-state index contributed by atoms with van der Waals surface area (Å²) in [5, 5.41) is 0. The van der Waals surface area contributed by atoms with Gasteiger partial charge in [0.1, 0.15) is 0 Å². The Morgan fingerprint density at radius 1 is 1.43 bits per heavy atom. The molecular weight excluding hydrogens is 316 g/mol. The van der Waals surface area contributed by atoms with Gasteiger partial charge in [-0.2, -0.15) is 4.31 Å². The van der Waals surface area contributed by atoms with Crippen molar-refractivity contribution in [3.63, 3.8) is 0 Å². The Morgan fingerprint density at radius 2 is 2.17 bits per heavy atom. The highest BCUT2D eigenvalue weighted by Gasteiger charge is 2.31. The number of carbonyl (C=O) groups is 1. The van der Waals surface area contributed by atoms with E-state index in [0.717, 1.165) is 19.3 Å². The van der Waals surface area contributed by atoms with Gasteiger partial charge < -0.3 is 10.5 Å². The molecule has 0 spiro atoms. The van der Waals surface area contributed by atoms with E-state index in [1.807, 2.05) is 0 Å². The molecule has 1 unspecified atom stereocenters. The number of aryl methyl sites for hydroxylation is 1. The van der Waals surface area contributed by atoms with Gasteiger partial charge in [0.15, 0.2) is 0 Å². The summed E-state index contributed by atoms with van der Waals surface area (Å²) in [4.78, 5) is 11.8. The summed E-state index contributed by atoms with van der Waals surface area (Å²) in [6.07, 6.45) is 2.66. The number of methoxy groups -OCH3 is 1. The van der Waals surface area contributed by atoms with Crippen molar-refractivity contribution in [3.8, 4) is 0 Å². The lowest BCUT2D eigenvalue weighted by Gasteiger charge is -2.32. The molecule has 0 aliphatic carbocycles. The fourth-order valence-electron chi connectivity index (χ4n) is 2.98. The van der Waals surface area contributed by atoms with Crippen LogP contribution < -0.4 is 5.73 Å². The highest BCUT2D eigenvalue weighted by atomic mass is 32.2. The minimum atomic E-state index is -3.62. The molecule has 1 aromatic rings. The van der Waals surface area contributed by atoms with Crippen LogP contribution in [0.4, 0.5) is 0 Å². The van der Waals surface area contributed by atoms with Crippen LogP contribution in [0.15, 0.2) is 23.1 Å². The lowest BCUT2D eigenvalue weighted by molar-refractivity contribution is 0.0600. The molecule has 0 aromatic heterocycles. The molecule has 128 valence electrons. The predicted octanol–water partition coefficient (Wildman–Crippen LogP) is 1.53. The van der Waals surface area contributed by atoms with Crippen molar-refractivity contribution in [1.82, 2.24) is 4.31 Å². The van der Waals surface area contributed by atoms with Gasteiger partial charge in [-0.1, -0.05) is 6.07 Å². The summed E-state index contributed by atoms with van der Waals surface area (Å²) in [6, 6.07) is 4.62. The lowest BCUT2D eigenvalue weighted by atomic mass is 9.96. The average molecular weight is 340 g/mol. The molecule has 0 saturated carbocycles. The van der Waals surface area contributed by atoms with Crippen LogP contribution in [0.1, 0.15) is 35.2 Å². The van der Waals surface area contributed by atoms with Gasteiger partial charge in [0.2, 0.25) is 10.0 Å². The second-order valence-electron chi connectivity index (χ2n) is 5.92. The van der Waals surface area contributed by atoms with Crippen molar-refractivity contribution in [2.24, 2.45) is 11.7 Å². The molecular formula is C16H24N2O4S. The average Bonchev–Trinajstić information content (AvgIpc) is 2.55. The second kappa shape index (κ2) is 7.42. The van der Waals surface area contributed by atoms with E-state index in [1.165, 1.54) is 17.5 Å². The van der Waals surface area contributed by atoms with Crippen molar-refractivity contribution in [1.29, 1.82) is 0 Å². The van der Waals surface area contributed by atoms with Crippen LogP contribution >= 0.6 is 0 Å². The van der Waals surface area contributed by atoms with Crippen LogP contribution in [-0.4, -0.2) is 45.4 Å². The summed E-state index contributed by atoms with van der Waals surface area (Å²) >= 11 is 0. The fourth-order valence-corrected chi connectivity index (χ4v) is 4.78. The number of benzene rings is 1. The standard InChI is InChI=1S/C16H24N2O4S/c1-12-5-6-14(16(19)22-2)10-15(12)23(20,21)18-9-3-4-13(11-18)7-8-17/h5-6,10,13H,3-4,7-9,11,17H2,1-2H3. The smallest absolute Gasteiger partial charge is 0.337 e. The van der Waals surface area contributed by atoms with Crippen molar-refractivity contribution < 1.29 is 17.9 Å². The molecule has 1 aliphatic rings. The molecule has 1 heterocycles. The highest BCUT2D eigenvalue weighted by Crippen LogP contribution is 2.27. The van der Waals surface area contributed by atoms with Gasteiger partial charge in [0.25, 0.3) is 0 Å². The molecule has 1 aromatic carbocycles. The molecule has 23 heavy (non-hydrogen) atoms. The highest BCUT2D eigenvalue weighted by molar-refractivity contribution is 7.89. The van der Waals surface area contributed by atoms with E-state index >= 15 is 0 Å². The van der Waals surface area contributed by atoms with Gasteiger partial charge in [-0.15, -0.1) is 0 Å². The molecule has 1 aliphatic heterocycles. The number of carbonyl (C=O) groups excluding carboxylic acids is 1. The monoisotopic (exact) mass is 340 g/mol. The van der Waals surface area contributed by atoms with E-state index < -0.39 is 16.0 Å². The number of ether oxygens (including phenoxy) is 1. The Kier molecular flexibility index (Phi) is 5.78. The molecule has 1 atom stereocenters. The molecule has 0 amide bonds. The van der Waals surface area contributed by atoms with Crippen molar-refractivity contribution >= 4 is 16.0 Å². The zero-order chi connectivity index (χ0) is 17.0. The first kappa shape index (κ1) is 17.9. The molecule has 1 fully saturated rings. The molecule has 0 radical (unpaired) electrons. The summed E-state index contributed by atoms with van der Waals surface area (Å²) in [7, 11) is -2.35. The summed E-state index contributed by atoms with van der Waals surface area (Å²) in [5.41, 5.74) is 6.46. The molecule has 2 rings (SSSR count). The van der Waals surface area contributed by atoms with Crippen LogP contribution in [0.2, 0.25) is 0 Å². The van der Waals surface area contributed by atoms with Gasteiger partial charge in [-0.25, -0.2) is 13.2 Å². The number of hydrogen-bond acceptors (Lipinski definition) is 5. The van der Waals surface area contributed by atoms with Crippen LogP contribution in [0, 0.1) is 12.8 Å². The first-order chi connectivity index (χ1) is 10.9. The van der Waals surface area contributed by atoms with Crippen LogP contribution in [0.3, 0.4) is 0 Å². The van der Waals surface area contributed by atoms with Crippen molar-refractivity contribution in [2.45, 2.75) is 31.1 Å². The molecule has 0 bridgehead atoms. The van der Waals surface area contributed by atoms with Crippen LogP contribution in [0.5, 0.6) is 0 Å². The zero-order valence-electron chi connectivity index (χ0n) is 13.6. The van der Waals surface area contributed by atoms with Gasteiger partial charge in [-0.3, -0.25) is 0 Å². The van der Waals surface area contributed by atoms with Gasteiger partial charge >= 0.3 is 5.97 Å². The molecule has 7 heteroatoms. The number of rotatable bonds is 5. The summed E-state index contributed by atoms with van der Waals surface area (Å²) in [6.45, 7) is 3.29. The largest absolute Gasteiger partial charge is 0.465 e. The number of hydrogen-bond donors (Lipinski definition) is 1. The van der Waals surface area contributed by atoms with Gasteiger partial charge in [-0.05, 0) is 56.3 Å². The maximum atomic E-state index is 13.0. The minimum Gasteiger partial charge on any atom is -0.465 e. The third kappa shape index (κ3) is 3.91. The summed E-state index contributed by atoms with van der Waals surface area (Å²) in [5.74, 6) is -0.242. The van der Waals surface area contributed by atoms with E-state index in [-0.39, 0.29) is 10.5 Å². The quantitative estimate of drug-likeness (QED) is 0.821. The predicted molar refractivity (Wildman–Crippen MR) is 87.7 cm³/mol. The summed E-state index contributed by atoms with van der Waals surface area (Å²) < 4.78 is 32.1. The second-order valence-corrected chi connectivity index (χ2v) is 7.83. The zero-order valence-corrected chi connectivity index (χ0v) is 14.4. The third-order valence-corrected chi connectivity index (χ3v) is 6.29. The third-order valence-electron chi connectivity index (χ3n) is 4.28. The molecule has 2 N–H and O–H groups in total. The minimum absolute atomic E-state index is 0.175. The van der Waals surface area contributed by atoms with Gasteiger partial charge in [0.05, 0.1) is 17.6 Å². The maximum absolute atomic E-state index is 13.0. The maximum Gasteiger partial charge on any atom is 0.337 e. The topological polar surface area (TPSA) is 89.7 Å². The van der Waals surface area contributed by atoms with Crippen molar-refractivity contribution in [3.05, 3.63) is 29.3 Å².